The Bertz CT molecular complexity index is 1030. The van der Waals surface area contributed by atoms with Crippen LogP contribution in [0.5, 0.6) is 0 Å². The smallest absolute Gasteiger partial charge is 0.223 e. The van der Waals surface area contributed by atoms with Crippen LogP contribution in [0.15, 0.2) is 42.5 Å². The monoisotopic (exact) mass is 515 g/mol. The van der Waals surface area contributed by atoms with Crippen LogP contribution in [0.4, 0.5) is 0 Å². The Balaban J connectivity index is 1.47. The van der Waals surface area contributed by atoms with Crippen LogP contribution >= 0.6 is 23.2 Å². The van der Waals surface area contributed by atoms with Gasteiger partial charge in [-0.3, -0.25) is 9.69 Å². The summed E-state index contributed by atoms with van der Waals surface area (Å²) in [5.41, 5.74) is 3.54. The number of hydrogen-bond donors (Lipinski definition) is 0. The third-order valence-corrected chi connectivity index (χ3v) is 8.47. The van der Waals surface area contributed by atoms with Gasteiger partial charge in [-0.1, -0.05) is 74.3 Å². The predicted octanol–water partition coefficient (Wildman–Crippen LogP) is 6.45. The van der Waals surface area contributed by atoms with Gasteiger partial charge in [-0.05, 0) is 73.1 Å². The Morgan fingerprint density at radius 2 is 1.69 bits per heavy atom. The number of halogens is 2. The standard InChI is InChI=1S/C29H39Cl2N3O/c1-29(2,3)27-20-33(15-16-34(27)28(35)17-21-11-13-32(4)14-12-21)19-23-7-5-6-8-24(23)22-9-10-25(30)26(31)18-22/h5-10,18,21,27H,11-17,19-20H2,1-4H3. The van der Waals surface area contributed by atoms with Crippen LogP contribution in [0.25, 0.3) is 11.1 Å². The molecular formula is C29H39Cl2N3O. The van der Waals surface area contributed by atoms with Gasteiger partial charge in [-0.25, -0.2) is 0 Å². The van der Waals surface area contributed by atoms with Gasteiger partial charge in [-0.2, -0.15) is 0 Å². The lowest BCUT2D eigenvalue weighted by Crippen LogP contribution is -2.59. The second kappa shape index (κ2) is 11.2. The van der Waals surface area contributed by atoms with Gasteiger partial charge >= 0.3 is 0 Å². The Morgan fingerprint density at radius 3 is 2.37 bits per heavy atom. The quantitative estimate of drug-likeness (QED) is 0.457. The first-order valence-corrected chi connectivity index (χ1v) is 13.6. The van der Waals surface area contributed by atoms with Crippen LogP contribution in [0.3, 0.4) is 0 Å². The fraction of sp³-hybridized carbons (Fsp3) is 0.552. The van der Waals surface area contributed by atoms with E-state index in [2.05, 4.69) is 66.8 Å². The molecule has 6 heteroatoms. The molecule has 0 bridgehead atoms. The highest BCUT2D eigenvalue weighted by molar-refractivity contribution is 6.42. The molecule has 0 saturated carbocycles. The van der Waals surface area contributed by atoms with Crippen molar-refractivity contribution >= 4 is 29.1 Å². The van der Waals surface area contributed by atoms with E-state index < -0.39 is 0 Å². The van der Waals surface area contributed by atoms with Crippen LogP contribution in [0.1, 0.15) is 45.6 Å². The summed E-state index contributed by atoms with van der Waals surface area (Å²) in [6.45, 7) is 12.4. The minimum Gasteiger partial charge on any atom is -0.337 e. The maximum atomic E-state index is 13.4. The first kappa shape index (κ1) is 26.5. The lowest BCUT2D eigenvalue weighted by Gasteiger charge is -2.48. The number of piperidine rings is 1. The number of carbonyl (C=O) groups excluding carboxylic acids is 1. The SMILES string of the molecule is CN1CCC(CC(=O)N2CCN(Cc3ccccc3-c3ccc(Cl)c(Cl)c3)CC2C(C)(C)C)CC1. The van der Waals surface area contributed by atoms with E-state index in [0.29, 0.717) is 28.3 Å². The molecule has 1 atom stereocenters. The van der Waals surface area contributed by atoms with Crippen molar-refractivity contribution < 1.29 is 4.79 Å². The van der Waals surface area contributed by atoms with Crippen molar-refractivity contribution in [2.75, 3.05) is 39.8 Å². The fourth-order valence-electron chi connectivity index (χ4n) is 5.50. The summed E-state index contributed by atoms with van der Waals surface area (Å²) in [5, 5.41) is 1.14. The number of amides is 1. The van der Waals surface area contributed by atoms with Crippen molar-refractivity contribution in [2.45, 2.75) is 52.6 Å². The van der Waals surface area contributed by atoms with Crippen LogP contribution in [-0.2, 0) is 11.3 Å². The van der Waals surface area contributed by atoms with E-state index in [-0.39, 0.29) is 11.5 Å². The molecular weight excluding hydrogens is 477 g/mol. The third kappa shape index (κ3) is 6.60. The van der Waals surface area contributed by atoms with Crippen LogP contribution in [0, 0.1) is 11.3 Å². The van der Waals surface area contributed by atoms with Gasteiger partial charge in [0.1, 0.15) is 0 Å². The van der Waals surface area contributed by atoms with Crippen molar-refractivity contribution in [3.05, 3.63) is 58.1 Å². The van der Waals surface area contributed by atoms with Crippen molar-refractivity contribution in [2.24, 2.45) is 11.3 Å². The zero-order chi connectivity index (χ0) is 25.2. The molecule has 2 fully saturated rings. The summed E-state index contributed by atoms with van der Waals surface area (Å²) in [4.78, 5) is 20.5. The zero-order valence-corrected chi connectivity index (χ0v) is 23.1. The number of carbonyl (C=O) groups is 1. The Labute approximate surface area is 221 Å². The van der Waals surface area contributed by atoms with Gasteiger partial charge in [0.15, 0.2) is 0 Å². The summed E-state index contributed by atoms with van der Waals surface area (Å²) < 4.78 is 0. The first-order valence-electron chi connectivity index (χ1n) is 12.9. The summed E-state index contributed by atoms with van der Waals surface area (Å²) in [7, 11) is 2.17. The number of hydrogen-bond acceptors (Lipinski definition) is 3. The second-order valence-electron chi connectivity index (χ2n) is 11.4. The molecule has 0 N–H and O–H groups in total. The zero-order valence-electron chi connectivity index (χ0n) is 21.6. The lowest BCUT2D eigenvalue weighted by atomic mass is 9.83. The van der Waals surface area contributed by atoms with E-state index in [1.54, 1.807) is 0 Å². The summed E-state index contributed by atoms with van der Waals surface area (Å²) in [6, 6.07) is 14.6. The number of piperazine rings is 1. The van der Waals surface area contributed by atoms with Gasteiger partial charge in [-0.15, -0.1) is 0 Å². The lowest BCUT2D eigenvalue weighted by molar-refractivity contribution is -0.141. The summed E-state index contributed by atoms with van der Waals surface area (Å²) >= 11 is 12.5. The van der Waals surface area contributed by atoms with E-state index in [0.717, 1.165) is 57.7 Å². The highest BCUT2D eigenvalue weighted by atomic mass is 35.5. The van der Waals surface area contributed by atoms with Crippen molar-refractivity contribution in [3.8, 4) is 11.1 Å². The molecule has 2 heterocycles. The molecule has 0 aliphatic carbocycles. The molecule has 4 rings (SSSR count). The second-order valence-corrected chi connectivity index (χ2v) is 12.3. The van der Waals surface area contributed by atoms with E-state index in [9.17, 15) is 4.79 Å². The summed E-state index contributed by atoms with van der Waals surface area (Å²) in [5.74, 6) is 0.866. The summed E-state index contributed by atoms with van der Waals surface area (Å²) in [6.07, 6.45) is 2.96. The minimum atomic E-state index is 0.0182. The average Bonchev–Trinajstić information content (AvgIpc) is 2.82. The largest absolute Gasteiger partial charge is 0.337 e. The number of rotatable bonds is 5. The van der Waals surface area contributed by atoms with Crippen molar-refractivity contribution in [1.29, 1.82) is 0 Å². The number of likely N-dealkylation sites (tertiary alicyclic amines) is 1. The van der Waals surface area contributed by atoms with Crippen LogP contribution in [-0.4, -0.2) is 66.4 Å². The maximum Gasteiger partial charge on any atom is 0.223 e. The molecule has 35 heavy (non-hydrogen) atoms. The van der Waals surface area contributed by atoms with E-state index in [4.69, 9.17) is 23.2 Å². The van der Waals surface area contributed by atoms with Crippen molar-refractivity contribution in [3.63, 3.8) is 0 Å². The highest BCUT2D eigenvalue weighted by Gasteiger charge is 2.38. The Morgan fingerprint density at radius 1 is 0.971 bits per heavy atom. The van der Waals surface area contributed by atoms with Crippen molar-refractivity contribution in [1.82, 2.24) is 14.7 Å². The molecule has 4 nitrogen and oxygen atoms in total. The predicted molar refractivity (Wildman–Crippen MR) is 147 cm³/mol. The van der Waals surface area contributed by atoms with E-state index in [1.807, 2.05) is 18.2 Å². The van der Waals surface area contributed by atoms with Crippen LogP contribution < -0.4 is 0 Å². The van der Waals surface area contributed by atoms with Gasteiger partial charge in [0.2, 0.25) is 5.91 Å². The van der Waals surface area contributed by atoms with Gasteiger partial charge in [0, 0.05) is 38.6 Å². The van der Waals surface area contributed by atoms with E-state index in [1.165, 1.54) is 11.1 Å². The van der Waals surface area contributed by atoms with Crippen LogP contribution in [0.2, 0.25) is 10.0 Å². The number of benzene rings is 2. The van der Waals surface area contributed by atoms with Gasteiger partial charge in [0.25, 0.3) is 0 Å². The topological polar surface area (TPSA) is 26.8 Å². The molecule has 0 radical (unpaired) electrons. The fourth-order valence-corrected chi connectivity index (χ4v) is 5.80. The molecule has 190 valence electrons. The third-order valence-electron chi connectivity index (χ3n) is 7.73. The Hall–Kier alpha value is -1.59. The minimum absolute atomic E-state index is 0.0182. The average molecular weight is 517 g/mol. The van der Waals surface area contributed by atoms with Gasteiger partial charge < -0.3 is 9.80 Å². The normalized spacial score (nSPS) is 20.9. The maximum absolute atomic E-state index is 13.4. The highest BCUT2D eigenvalue weighted by Crippen LogP contribution is 2.33. The molecule has 2 saturated heterocycles. The molecule has 1 unspecified atom stereocenters. The molecule has 2 aromatic rings. The molecule has 2 aliphatic heterocycles. The molecule has 1 amide bonds. The first-order chi connectivity index (χ1) is 16.6. The number of nitrogens with zero attached hydrogens (tertiary/aromatic N) is 3. The Kier molecular flexibility index (Phi) is 8.48. The van der Waals surface area contributed by atoms with Gasteiger partial charge in [0.05, 0.1) is 10.0 Å². The molecule has 2 aromatic carbocycles. The van der Waals surface area contributed by atoms with E-state index >= 15 is 0 Å². The molecule has 2 aliphatic rings. The molecule has 0 aromatic heterocycles. The molecule has 0 spiro atoms.